The molecule has 0 saturated carbocycles. The molecule has 1 rings (SSSR count). The van der Waals surface area contributed by atoms with E-state index in [1.807, 2.05) is 0 Å². The summed E-state index contributed by atoms with van der Waals surface area (Å²) < 4.78 is 46.8. The van der Waals surface area contributed by atoms with E-state index >= 15 is 0 Å². The zero-order valence-corrected chi connectivity index (χ0v) is 47.4. The smallest absolute Gasteiger partial charge is 0.465 e. The normalized spacial score (nSPS) is 14.6. The van der Waals surface area contributed by atoms with Crippen molar-refractivity contribution < 1.29 is 52.3 Å². The molecule has 424 valence electrons. The molecule has 73 heavy (non-hydrogen) atoms. The van der Waals surface area contributed by atoms with Crippen molar-refractivity contribution in [1.82, 2.24) is 4.90 Å². The Labute approximate surface area is 446 Å². The third-order valence-electron chi connectivity index (χ3n) is 13.1. The lowest BCUT2D eigenvalue weighted by Crippen LogP contribution is -2.37. The molecule has 1 aliphatic heterocycles. The van der Waals surface area contributed by atoms with E-state index in [2.05, 4.69) is 88.1 Å². The number of unbranched alkanes of at least 4 members (excludes halogenated alkanes) is 18. The molecule has 1 aliphatic rings. The Morgan fingerprint density at radius 3 is 1.25 bits per heavy atom. The quantitative estimate of drug-likeness (QED) is 0.0189. The molecule has 0 amide bonds. The van der Waals surface area contributed by atoms with Crippen LogP contribution in [0.2, 0.25) is 0 Å². The summed E-state index contributed by atoms with van der Waals surface area (Å²) in [7, 11) is 0. The fraction of sp³-hybridized carbons (Fsp3) is 0.820. The van der Waals surface area contributed by atoms with E-state index in [-0.39, 0.29) is 69.7 Å². The molecule has 1 unspecified atom stereocenters. The molecule has 0 N–H and O–H groups in total. The Balaban J connectivity index is 2.73. The number of esters is 2. The lowest BCUT2D eigenvalue weighted by atomic mass is 9.99. The monoisotopic (exact) mass is 1030 g/mol. The van der Waals surface area contributed by atoms with Crippen molar-refractivity contribution in [3.05, 3.63) is 48.6 Å². The van der Waals surface area contributed by atoms with Crippen LogP contribution in [0.5, 0.6) is 0 Å². The number of ether oxygens (including phenoxy) is 8. The van der Waals surface area contributed by atoms with Crippen LogP contribution in [0, 0.1) is 11.8 Å². The molecular formula is C61H109NO11. The minimum atomic E-state index is -0.774. The zero-order chi connectivity index (χ0) is 52.9. The average molecular weight is 1030 g/mol. The molecule has 0 bridgehead atoms. The summed E-state index contributed by atoms with van der Waals surface area (Å²) in [6.07, 6.45) is 46.0. The Morgan fingerprint density at radius 1 is 0.466 bits per heavy atom. The van der Waals surface area contributed by atoms with Crippen LogP contribution >= 0.6 is 0 Å². The number of hydrogen-bond acceptors (Lipinski definition) is 12. The Morgan fingerprint density at radius 2 is 0.863 bits per heavy atom. The second-order valence-electron chi connectivity index (χ2n) is 20.0. The predicted molar refractivity (Wildman–Crippen MR) is 297 cm³/mol. The van der Waals surface area contributed by atoms with Crippen LogP contribution in [0.1, 0.15) is 227 Å². The first-order chi connectivity index (χ1) is 35.8. The first kappa shape index (κ1) is 68.0. The highest BCUT2D eigenvalue weighted by atomic mass is 16.7. The van der Waals surface area contributed by atoms with Gasteiger partial charge < -0.3 is 42.8 Å². The second kappa shape index (κ2) is 52.4. The van der Waals surface area contributed by atoms with Gasteiger partial charge in [0, 0.05) is 25.3 Å². The Kier molecular flexibility index (Phi) is 48.8. The van der Waals surface area contributed by atoms with Crippen molar-refractivity contribution in [3.8, 4) is 0 Å². The number of carbonyl (C=O) groups is 3. The van der Waals surface area contributed by atoms with Crippen LogP contribution in [-0.4, -0.2) is 108 Å². The molecule has 0 spiro atoms. The van der Waals surface area contributed by atoms with Gasteiger partial charge in [0.2, 0.25) is 0 Å². The van der Waals surface area contributed by atoms with Crippen LogP contribution < -0.4 is 0 Å². The zero-order valence-electron chi connectivity index (χ0n) is 47.4. The van der Waals surface area contributed by atoms with Crippen LogP contribution in [0.3, 0.4) is 0 Å². The molecule has 12 nitrogen and oxygen atoms in total. The van der Waals surface area contributed by atoms with Crippen LogP contribution in [0.15, 0.2) is 48.6 Å². The molecule has 1 heterocycles. The van der Waals surface area contributed by atoms with Crippen molar-refractivity contribution >= 4 is 18.1 Å². The Bertz CT molecular complexity index is 1250. The highest BCUT2D eigenvalue weighted by Crippen LogP contribution is 2.18. The van der Waals surface area contributed by atoms with Gasteiger partial charge in [0.1, 0.15) is 19.8 Å². The summed E-state index contributed by atoms with van der Waals surface area (Å²) in [5.74, 6) is -1.03. The standard InChI is InChI=1S/C61H109NO11/c1-6-11-15-19-23-27-35-46-66-59(67-47-36-28-24-20-16-12-7-2)43-33-31-41-57(63)70-52-56(54-73-61(65)72-51-55-40-39-45-62(10-5)50-55)53-71-58(64)42-32-34-44-60(68-48-37-29-25-21-17-13-8-3)69-49-38-30-26-22-18-14-9-4/h27-30,35-38,55-56,59-60H,6-26,31-34,39-54H2,1-5H3/b35-27+,36-28+,37-29+,38-30+. The van der Waals surface area contributed by atoms with E-state index in [9.17, 15) is 14.4 Å². The van der Waals surface area contributed by atoms with Gasteiger partial charge in [-0.05, 0) is 116 Å². The highest BCUT2D eigenvalue weighted by Gasteiger charge is 2.22. The minimum absolute atomic E-state index is 0.0609. The van der Waals surface area contributed by atoms with Gasteiger partial charge in [0.15, 0.2) is 12.6 Å². The molecule has 1 saturated heterocycles. The fourth-order valence-corrected chi connectivity index (χ4v) is 8.44. The third-order valence-corrected chi connectivity index (χ3v) is 13.1. The van der Waals surface area contributed by atoms with E-state index in [1.165, 1.54) is 103 Å². The average Bonchev–Trinajstić information content (AvgIpc) is 3.40. The summed E-state index contributed by atoms with van der Waals surface area (Å²) in [5, 5.41) is 0. The lowest BCUT2D eigenvalue weighted by molar-refractivity contribution is -0.150. The van der Waals surface area contributed by atoms with Gasteiger partial charge in [-0.3, -0.25) is 9.59 Å². The molecule has 0 aromatic rings. The first-order valence-corrected chi connectivity index (χ1v) is 29.7. The van der Waals surface area contributed by atoms with Gasteiger partial charge in [-0.25, -0.2) is 4.79 Å². The van der Waals surface area contributed by atoms with Gasteiger partial charge in [0.25, 0.3) is 0 Å². The number of nitrogens with zero attached hydrogens (tertiary/aromatic N) is 1. The summed E-state index contributed by atoms with van der Waals surface area (Å²) in [5.41, 5.74) is 0. The fourth-order valence-electron chi connectivity index (χ4n) is 8.44. The lowest BCUT2D eigenvalue weighted by Gasteiger charge is -2.31. The van der Waals surface area contributed by atoms with Crippen molar-refractivity contribution in [1.29, 1.82) is 0 Å². The minimum Gasteiger partial charge on any atom is -0.465 e. The van der Waals surface area contributed by atoms with Gasteiger partial charge in [-0.15, -0.1) is 0 Å². The number of hydrogen-bond donors (Lipinski definition) is 0. The summed E-state index contributed by atoms with van der Waals surface area (Å²) in [6.45, 7) is 15.9. The SMILES string of the molecule is CCCCCC/C=C/COC(CCCCC(=O)OCC(COC(=O)CCCCC(OC/C=C/CCCCCC)OC/C=C/CCCCCC)COC(=O)OCC1CCCN(CC)C1)OC/C=C/CCCCCC. The van der Waals surface area contributed by atoms with E-state index in [0.29, 0.717) is 52.1 Å². The molecule has 0 aromatic carbocycles. The van der Waals surface area contributed by atoms with E-state index < -0.39 is 12.1 Å². The van der Waals surface area contributed by atoms with Crippen molar-refractivity contribution in [2.24, 2.45) is 11.8 Å². The predicted octanol–water partition coefficient (Wildman–Crippen LogP) is 15.5. The van der Waals surface area contributed by atoms with Crippen LogP contribution in [0.25, 0.3) is 0 Å². The van der Waals surface area contributed by atoms with E-state index in [4.69, 9.17) is 37.9 Å². The first-order valence-electron chi connectivity index (χ1n) is 29.7. The molecule has 12 heteroatoms. The second-order valence-corrected chi connectivity index (χ2v) is 20.0. The van der Waals surface area contributed by atoms with E-state index in [0.717, 1.165) is 71.0 Å². The van der Waals surface area contributed by atoms with Gasteiger partial charge >= 0.3 is 18.1 Å². The third kappa shape index (κ3) is 44.9. The van der Waals surface area contributed by atoms with Crippen molar-refractivity contribution in [2.45, 2.75) is 240 Å². The van der Waals surface area contributed by atoms with Crippen molar-refractivity contribution in [3.63, 3.8) is 0 Å². The molecule has 1 fully saturated rings. The molecule has 0 aliphatic carbocycles. The summed E-state index contributed by atoms with van der Waals surface area (Å²) in [6, 6.07) is 0. The number of carbonyl (C=O) groups excluding carboxylic acids is 3. The highest BCUT2D eigenvalue weighted by molar-refractivity contribution is 5.69. The maximum atomic E-state index is 13.0. The van der Waals surface area contributed by atoms with Gasteiger partial charge in [0.05, 0.1) is 39.0 Å². The van der Waals surface area contributed by atoms with Gasteiger partial charge in [-0.1, -0.05) is 160 Å². The van der Waals surface area contributed by atoms with Crippen molar-refractivity contribution in [2.75, 3.05) is 72.5 Å². The number of likely N-dealkylation sites (tertiary alicyclic amines) is 1. The van der Waals surface area contributed by atoms with E-state index in [1.54, 1.807) is 0 Å². The molecule has 0 aromatic heterocycles. The number of piperidine rings is 1. The topological polar surface area (TPSA) is 128 Å². The maximum Gasteiger partial charge on any atom is 0.508 e. The summed E-state index contributed by atoms with van der Waals surface area (Å²) >= 11 is 0. The number of allylic oxidation sites excluding steroid dienone is 4. The van der Waals surface area contributed by atoms with Crippen LogP contribution in [0.4, 0.5) is 4.79 Å². The van der Waals surface area contributed by atoms with Gasteiger partial charge in [-0.2, -0.15) is 0 Å². The largest absolute Gasteiger partial charge is 0.508 e. The maximum absolute atomic E-state index is 13.0. The molecule has 1 atom stereocenters. The summed E-state index contributed by atoms with van der Waals surface area (Å²) in [4.78, 5) is 41.1. The molecule has 0 radical (unpaired) electrons. The molecular weight excluding hydrogens is 923 g/mol. The number of rotatable bonds is 51. The Hall–Kier alpha value is -3.03. The van der Waals surface area contributed by atoms with Crippen LogP contribution in [-0.2, 0) is 47.5 Å².